The number of nitrogens with two attached hydrogens (primary N) is 1. The molecule has 4 aromatic rings. The number of halogens is 1. The predicted molar refractivity (Wildman–Crippen MR) is 223 cm³/mol. The van der Waals surface area contributed by atoms with Gasteiger partial charge in [0.15, 0.2) is 37.7 Å². The van der Waals surface area contributed by atoms with Crippen molar-refractivity contribution in [1.29, 1.82) is 0 Å². The summed E-state index contributed by atoms with van der Waals surface area (Å²) in [6.07, 6.45) is 0. The van der Waals surface area contributed by atoms with Crippen LogP contribution >= 0.6 is 48.3 Å². The molecule has 0 unspecified atom stereocenters. The fourth-order valence-electron chi connectivity index (χ4n) is 5.30. The number of aromatic hydroxyl groups is 1. The third-order valence-electron chi connectivity index (χ3n) is 7.98. The molecule has 3 N–H and O–H groups in total. The quantitative estimate of drug-likeness (QED) is 0.00665. The minimum atomic E-state index is -5.46. The number of azo groups is 2. The number of phenols is 1. The number of sulfone groups is 2. The standard InChI is InChI=1S/C30H33N5O22S6.HI.4Na/c1-15-9-17(19(49-2)13-23(15)60(39,40)8-6-53-63(46,47)48)32-35-29-25(62(43,44)45)11-16-10-22(58-56-54-37)28(30(36)26(16)27(29)31)34-33-18-12-21(51-4)24(14-20(18)50-3)61(41,42)7-5-52-59-57-55-38;;;;;/h9-14,36-38H,5-8,31H2,1-4H3,(H,43,44,45)(H,46,47,48);1H;;;;/q;;4*+1/p-4. The summed E-state index contributed by atoms with van der Waals surface area (Å²) in [5.74, 6) is -3.24. The molecule has 0 bridgehead atoms. The Morgan fingerprint density at radius 1 is 0.662 bits per heavy atom. The maximum Gasteiger partial charge on any atom is 1.00 e. The maximum absolute atomic E-state index is 13.1. The second kappa shape index (κ2) is 31.1. The number of hydrogen-bond donors (Lipinski definition) is 2. The fraction of sp³-hybridized carbons (Fsp3) is 0.267. The molecule has 0 saturated heterocycles. The van der Waals surface area contributed by atoms with E-state index in [-0.39, 0.29) is 211 Å². The van der Waals surface area contributed by atoms with Crippen molar-refractivity contribution in [3.8, 4) is 23.0 Å². The van der Waals surface area contributed by atoms with Crippen molar-refractivity contribution < 1.29 is 218 Å². The van der Waals surface area contributed by atoms with Gasteiger partial charge in [0.1, 0.15) is 55.0 Å². The topological polar surface area (TPSA) is 408 Å². The van der Waals surface area contributed by atoms with E-state index >= 15 is 0 Å². The number of phenolic OH excluding ortho intramolecular Hbond substituents is 1. The molecule has 0 amide bonds. The molecule has 27 nitrogen and oxygen atoms in total. The number of methoxy groups -OCH3 is 3. The molecular weight excluding hydrogens is 1190 g/mol. The van der Waals surface area contributed by atoms with Gasteiger partial charge in [0.25, 0.3) is 0 Å². The van der Waals surface area contributed by atoms with Crippen molar-refractivity contribution in [3.05, 3.63) is 42.0 Å². The number of nitrogen functional groups attached to an aromatic ring is 1. The minimum Gasteiger partial charge on any atom is -0.744 e. The van der Waals surface area contributed by atoms with E-state index in [0.717, 1.165) is 57.7 Å². The van der Waals surface area contributed by atoms with Crippen LogP contribution in [-0.4, -0.2) is 93.9 Å². The van der Waals surface area contributed by atoms with E-state index < -0.39 is 108 Å². The van der Waals surface area contributed by atoms with Gasteiger partial charge < -0.3 is 44.7 Å². The van der Waals surface area contributed by atoms with Crippen LogP contribution in [-0.2, 0) is 67.3 Å². The van der Waals surface area contributed by atoms with E-state index in [1.807, 2.05) is 0 Å². The van der Waals surface area contributed by atoms with Crippen molar-refractivity contribution >= 4 is 128 Å². The summed E-state index contributed by atoms with van der Waals surface area (Å²) in [4.78, 5) is -2.17. The van der Waals surface area contributed by atoms with E-state index in [2.05, 4.69) is 43.4 Å². The van der Waals surface area contributed by atoms with Gasteiger partial charge in [-0.25, -0.2) is 33.7 Å². The number of rotatable bonds is 23. The Kier molecular flexibility index (Phi) is 32.2. The summed E-state index contributed by atoms with van der Waals surface area (Å²) < 4.78 is 155. The van der Waals surface area contributed by atoms with Crippen LogP contribution in [0.3, 0.4) is 0 Å². The number of benzene rings is 4. The number of aryl methyl sites for hydroxylation is 1. The summed E-state index contributed by atoms with van der Waals surface area (Å²) in [5, 5.41) is 53.9. The molecular formula is C30H30IN5Na4O22S6. The molecule has 0 atom stereocenters. The molecule has 0 aliphatic rings. The van der Waals surface area contributed by atoms with Crippen molar-refractivity contribution in [2.75, 3.05) is 51.8 Å². The Hall–Kier alpha value is 0.170. The van der Waals surface area contributed by atoms with Crippen LogP contribution in [0.2, 0.25) is 0 Å². The third-order valence-corrected chi connectivity index (χ3v) is 13.8. The maximum atomic E-state index is 13.1. The van der Waals surface area contributed by atoms with Crippen LogP contribution in [0.5, 0.6) is 23.0 Å². The van der Waals surface area contributed by atoms with Gasteiger partial charge in [0, 0.05) is 18.2 Å². The van der Waals surface area contributed by atoms with E-state index in [1.165, 1.54) is 6.92 Å². The Balaban J connectivity index is 0. The van der Waals surface area contributed by atoms with Gasteiger partial charge in [-0.05, 0) is 36.1 Å². The Morgan fingerprint density at radius 3 is 1.71 bits per heavy atom. The first-order chi connectivity index (χ1) is 29.5. The normalized spacial score (nSPS) is 11.8. The van der Waals surface area contributed by atoms with Crippen molar-refractivity contribution in [1.82, 2.24) is 0 Å². The van der Waals surface area contributed by atoms with E-state index in [9.17, 15) is 58.4 Å². The number of anilines is 1. The SMILES string of the molecule is COc1cc(S(=O)(=O)CCOS(=O)(=O)[O-])c(C)cc1N=Nc1c(S(=O)(=O)[O-])cc2cc(SOO[O-])c(N=Nc3cc(OC)c(S(=O)(=O)CCOSOO[O-])cc3OC)c(O)c2c1N.I.[Na+].[Na+].[Na+].[Na+]. The molecule has 0 aromatic heterocycles. The van der Waals surface area contributed by atoms with Crippen molar-refractivity contribution in [2.45, 2.75) is 26.5 Å². The predicted octanol–water partition coefficient (Wildman–Crippen LogP) is -9.11. The zero-order valence-corrected chi connectivity index (χ0v) is 51.8. The van der Waals surface area contributed by atoms with E-state index in [0.29, 0.717) is 0 Å². The summed E-state index contributed by atoms with van der Waals surface area (Å²) >= 11 is 0.236. The monoisotopic (exact) mass is 1220 g/mol. The van der Waals surface area contributed by atoms with E-state index in [4.69, 9.17) is 24.1 Å². The largest absolute Gasteiger partial charge is 1.00 e. The Labute approximate surface area is 502 Å². The number of nitrogens with zero attached hydrogens (tertiary/aromatic N) is 4. The second-order valence-corrected chi connectivity index (χ2v) is 19.5. The number of fused-ring (bicyclic) bond motifs is 1. The van der Waals surface area contributed by atoms with Gasteiger partial charge in [-0.1, -0.05) is 0 Å². The molecule has 0 fully saturated rings. The van der Waals surface area contributed by atoms with Crippen LogP contribution in [0.15, 0.2) is 76.4 Å². The first-order valence-electron chi connectivity index (χ1n) is 16.3. The third kappa shape index (κ3) is 18.8. The Morgan fingerprint density at radius 2 is 1.18 bits per heavy atom. The summed E-state index contributed by atoms with van der Waals surface area (Å²) in [6, 6.07) is 6.01. The van der Waals surface area contributed by atoms with Gasteiger partial charge in [0.05, 0.1) is 83.9 Å². The zero-order chi connectivity index (χ0) is 46.9. The molecule has 0 radical (unpaired) electrons. The zero-order valence-electron chi connectivity index (χ0n) is 36.5. The van der Waals surface area contributed by atoms with Crippen LogP contribution in [0.25, 0.3) is 10.8 Å². The summed E-state index contributed by atoms with van der Waals surface area (Å²) in [5.41, 5.74) is 3.80. The molecule has 0 spiro atoms. The van der Waals surface area contributed by atoms with Crippen molar-refractivity contribution in [3.63, 3.8) is 0 Å². The molecule has 4 aromatic carbocycles. The molecule has 0 heterocycles. The van der Waals surface area contributed by atoms with Gasteiger partial charge in [0.2, 0.25) is 10.4 Å². The second-order valence-electron chi connectivity index (χ2n) is 11.7. The van der Waals surface area contributed by atoms with Gasteiger partial charge in [-0.15, -0.1) is 48.8 Å². The Bertz CT molecular complexity index is 2890. The molecule has 354 valence electrons. The van der Waals surface area contributed by atoms with Gasteiger partial charge in [-0.3, -0.25) is 18.4 Å². The molecule has 38 heteroatoms. The van der Waals surface area contributed by atoms with Gasteiger partial charge >= 0.3 is 118 Å². The average Bonchev–Trinajstić information content (AvgIpc) is 3.20. The van der Waals surface area contributed by atoms with Crippen LogP contribution in [0.1, 0.15) is 5.56 Å². The van der Waals surface area contributed by atoms with Gasteiger partial charge in [-0.2, -0.15) is 4.33 Å². The smallest absolute Gasteiger partial charge is 0.744 e. The average molecular weight is 1220 g/mol. The fourth-order valence-corrected chi connectivity index (χ4v) is 9.78. The molecule has 0 saturated carbocycles. The van der Waals surface area contributed by atoms with E-state index in [1.54, 1.807) is 0 Å². The first-order valence-corrected chi connectivity index (χ1v) is 23.8. The molecule has 4 rings (SSSR count). The molecule has 68 heavy (non-hydrogen) atoms. The van der Waals surface area contributed by atoms with Crippen LogP contribution < -0.4 is 149 Å². The van der Waals surface area contributed by atoms with Crippen LogP contribution in [0, 0.1) is 6.92 Å². The summed E-state index contributed by atoms with van der Waals surface area (Å²) in [7, 11) is -15.7. The minimum absolute atomic E-state index is 0. The first kappa shape index (κ1) is 70.2. The summed E-state index contributed by atoms with van der Waals surface area (Å²) in [6.45, 7) is -0.172. The number of ether oxygens (including phenoxy) is 3. The van der Waals surface area contributed by atoms with Crippen molar-refractivity contribution in [2.24, 2.45) is 20.5 Å². The van der Waals surface area contributed by atoms with Crippen LogP contribution in [0.4, 0.5) is 28.4 Å². The molecule has 0 aliphatic heterocycles. The number of hydrogen-bond acceptors (Lipinski definition) is 29. The molecule has 0 aliphatic carbocycles.